The second-order valence-electron chi connectivity index (χ2n) is 3.19. The molecule has 0 aliphatic rings. The molecule has 1 unspecified atom stereocenters. The smallest absolute Gasteiger partial charge is 0.247 e. The molecule has 1 aromatic carbocycles. The van der Waals surface area contributed by atoms with E-state index in [1.54, 1.807) is 0 Å². The summed E-state index contributed by atoms with van der Waals surface area (Å²) < 4.78 is 5.55. The number of hydrogen-bond donors (Lipinski definition) is 0. The minimum absolute atomic E-state index is 0.141. The fraction of sp³-hybridized carbons (Fsp3) is 0.273. The van der Waals surface area contributed by atoms with E-state index in [2.05, 4.69) is 33.1 Å². The largest absolute Gasteiger partial charge is 0.419 e. The van der Waals surface area contributed by atoms with Crippen LogP contribution in [-0.2, 0) is 0 Å². The fourth-order valence-electron chi connectivity index (χ4n) is 1.23. The first-order valence-electron chi connectivity index (χ1n) is 4.84. The van der Waals surface area contributed by atoms with Gasteiger partial charge in [0.2, 0.25) is 11.8 Å². The second kappa shape index (κ2) is 4.57. The average molecular weight is 267 g/mol. The van der Waals surface area contributed by atoms with Gasteiger partial charge in [-0.25, -0.2) is 0 Å². The first-order chi connectivity index (χ1) is 7.31. The maximum absolute atomic E-state index is 5.55. The van der Waals surface area contributed by atoms with Gasteiger partial charge in [0.1, 0.15) is 0 Å². The van der Waals surface area contributed by atoms with Crippen molar-refractivity contribution in [3.05, 3.63) is 36.2 Å². The third-order valence-corrected chi connectivity index (χ3v) is 3.13. The van der Waals surface area contributed by atoms with Crippen LogP contribution in [0.1, 0.15) is 24.1 Å². The van der Waals surface area contributed by atoms with Gasteiger partial charge in [0.25, 0.3) is 0 Å². The van der Waals surface area contributed by atoms with Crippen molar-refractivity contribution < 1.29 is 4.42 Å². The predicted molar refractivity (Wildman–Crippen MR) is 61.7 cm³/mol. The van der Waals surface area contributed by atoms with Crippen molar-refractivity contribution in [2.45, 2.75) is 18.2 Å². The van der Waals surface area contributed by atoms with E-state index in [-0.39, 0.29) is 4.83 Å². The molecule has 15 heavy (non-hydrogen) atoms. The molecular formula is C11H11BrN2O. The Morgan fingerprint density at radius 1 is 1.27 bits per heavy atom. The van der Waals surface area contributed by atoms with E-state index < -0.39 is 0 Å². The van der Waals surface area contributed by atoms with E-state index in [0.717, 1.165) is 12.0 Å². The molecule has 0 radical (unpaired) electrons. The lowest BCUT2D eigenvalue weighted by Crippen LogP contribution is -1.86. The summed E-state index contributed by atoms with van der Waals surface area (Å²) in [4.78, 5) is 0.141. The summed E-state index contributed by atoms with van der Waals surface area (Å²) in [6.07, 6.45) is 0.927. The molecule has 0 amide bonds. The molecule has 0 fully saturated rings. The zero-order chi connectivity index (χ0) is 10.7. The van der Waals surface area contributed by atoms with Gasteiger partial charge in [-0.2, -0.15) is 0 Å². The van der Waals surface area contributed by atoms with Crippen LogP contribution in [0.15, 0.2) is 34.7 Å². The standard InChI is InChI=1S/C11H11BrN2O/c1-2-9(12)11-14-13-10(15-11)8-6-4-3-5-7-8/h3-7,9H,2H2,1H3. The Morgan fingerprint density at radius 2 is 2.00 bits per heavy atom. The van der Waals surface area contributed by atoms with E-state index in [9.17, 15) is 0 Å². The van der Waals surface area contributed by atoms with E-state index >= 15 is 0 Å². The molecule has 1 aromatic heterocycles. The minimum Gasteiger partial charge on any atom is -0.419 e. The van der Waals surface area contributed by atoms with Crippen molar-refractivity contribution in [2.75, 3.05) is 0 Å². The molecule has 4 heteroatoms. The van der Waals surface area contributed by atoms with Crippen molar-refractivity contribution in [3.63, 3.8) is 0 Å². The van der Waals surface area contributed by atoms with Gasteiger partial charge in [-0.15, -0.1) is 10.2 Å². The highest BCUT2D eigenvalue weighted by molar-refractivity contribution is 9.09. The molecule has 2 rings (SSSR count). The highest BCUT2D eigenvalue weighted by Gasteiger charge is 2.14. The molecule has 1 heterocycles. The van der Waals surface area contributed by atoms with Crippen LogP contribution < -0.4 is 0 Å². The Balaban J connectivity index is 2.28. The van der Waals surface area contributed by atoms with Gasteiger partial charge in [-0.3, -0.25) is 0 Å². The molecule has 0 bridgehead atoms. The lowest BCUT2D eigenvalue weighted by atomic mass is 10.2. The van der Waals surface area contributed by atoms with Gasteiger partial charge < -0.3 is 4.42 Å². The number of benzene rings is 1. The van der Waals surface area contributed by atoms with Gasteiger partial charge in [-0.1, -0.05) is 41.1 Å². The van der Waals surface area contributed by atoms with Crippen LogP contribution in [0.3, 0.4) is 0 Å². The number of aromatic nitrogens is 2. The molecule has 0 spiro atoms. The van der Waals surface area contributed by atoms with Crippen molar-refractivity contribution in [3.8, 4) is 11.5 Å². The summed E-state index contributed by atoms with van der Waals surface area (Å²) in [6, 6.07) is 9.76. The third-order valence-electron chi connectivity index (χ3n) is 2.09. The predicted octanol–water partition coefficient (Wildman–Crippen LogP) is 3.58. The Morgan fingerprint density at radius 3 is 2.67 bits per heavy atom. The van der Waals surface area contributed by atoms with Crippen LogP contribution >= 0.6 is 15.9 Å². The van der Waals surface area contributed by atoms with Crippen LogP contribution in [0.25, 0.3) is 11.5 Å². The van der Waals surface area contributed by atoms with Gasteiger partial charge in [-0.05, 0) is 18.6 Å². The maximum Gasteiger partial charge on any atom is 0.247 e. The number of halogens is 1. The van der Waals surface area contributed by atoms with Crippen LogP contribution in [-0.4, -0.2) is 10.2 Å². The molecule has 0 saturated heterocycles. The van der Waals surface area contributed by atoms with Crippen LogP contribution in [0.2, 0.25) is 0 Å². The second-order valence-corrected chi connectivity index (χ2v) is 4.29. The molecule has 1 atom stereocenters. The summed E-state index contributed by atoms with van der Waals surface area (Å²) in [7, 11) is 0. The van der Waals surface area contributed by atoms with Crippen molar-refractivity contribution in [1.29, 1.82) is 0 Å². The van der Waals surface area contributed by atoms with Crippen LogP contribution in [0, 0.1) is 0 Å². The van der Waals surface area contributed by atoms with Crippen molar-refractivity contribution in [1.82, 2.24) is 10.2 Å². The van der Waals surface area contributed by atoms with Crippen LogP contribution in [0.4, 0.5) is 0 Å². The molecule has 0 aliphatic heterocycles. The van der Waals surface area contributed by atoms with E-state index in [0.29, 0.717) is 11.8 Å². The number of alkyl halides is 1. The molecular weight excluding hydrogens is 256 g/mol. The monoisotopic (exact) mass is 266 g/mol. The molecule has 2 aromatic rings. The number of hydrogen-bond acceptors (Lipinski definition) is 3. The van der Waals surface area contributed by atoms with E-state index in [1.165, 1.54) is 0 Å². The summed E-state index contributed by atoms with van der Waals surface area (Å²) in [5.74, 6) is 1.21. The zero-order valence-electron chi connectivity index (χ0n) is 8.35. The first-order valence-corrected chi connectivity index (χ1v) is 5.75. The summed E-state index contributed by atoms with van der Waals surface area (Å²) in [5, 5.41) is 8.01. The van der Waals surface area contributed by atoms with Crippen LogP contribution in [0.5, 0.6) is 0 Å². The van der Waals surface area contributed by atoms with Crippen molar-refractivity contribution >= 4 is 15.9 Å². The fourth-order valence-corrected chi connectivity index (χ4v) is 1.42. The summed E-state index contributed by atoms with van der Waals surface area (Å²) in [5.41, 5.74) is 0.951. The minimum atomic E-state index is 0.141. The molecule has 78 valence electrons. The van der Waals surface area contributed by atoms with E-state index in [1.807, 2.05) is 30.3 Å². The molecule has 3 nitrogen and oxygen atoms in total. The maximum atomic E-state index is 5.55. The lowest BCUT2D eigenvalue weighted by molar-refractivity contribution is 0.500. The Kier molecular flexibility index (Phi) is 3.16. The Bertz CT molecular complexity index is 427. The number of nitrogens with zero attached hydrogens (tertiary/aromatic N) is 2. The SMILES string of the molecule is CCC(Br)c1nnc(-c2ccccc2)o1. The Labute approximate surface area is 96.7 Å². The normalized spacial score (nSPS) is 12.7. The molecule has 0 aliphatic carbocycles. The van der Waals surface area contributed by atoms with Crippen molar-refractivity contribution in [2.24, 2.45) is 0 Å². The lowest BCUT2D eigenvalue weighted by Gasteiger charge is -1.97. The quantitative estimate of drug-likeness (QED) is 0.798. The number of rotatable bonds is 3. The van der Waals surface area contributed by atoms with Gasteiger partial charge in [0, 0.05) is 5.56 Å². The third kappa shape index (κ3) is 2.26. The van der Waals surface area contributed by atoms with Gasteiger partial charge in [0.05, 0.1) is 4.83 Å². The highest BCUT2D eigenvalue weighted by atomic mass is 79.9. The molecule has 0 saturated carbocycles. The van der Waals surface area contributed by atoms with E-state index in [4.69, 9.17) is 4.42 Å². The van der Waals surface area contributed by atoms with Gasteiger partial charge in [0.15, 0.2) is 0 Å². The summed E-state index contributed by atoms with van der Waals surface area (Å²) >= 11 is 3.47. The Hall–Kier alpha value is -1.16. The van der Waals surface area contributed by atoms with Gasteiger partial charge >= 0.3 is 0 Å². The first kappa shape index (κ1) is 10.4. The topological polar surface area (TPSA) is 38.9 Å². The molecule has 0 N–H and O–H groups in total. The summed E-state index contributed by atoms with van der Waals surface area (Å²) in [6.45, 7) is 2.06. The highest BCUT2D eigenvalue weighted by Crippen LogP contribution is 2.27. The average Bonchev–Trinajstić information content (AvgIpc) is 2.78. The zero-order valence-corrected chi connectivity index (χ0v) is 9.94.